The van der Waals surface area contributed by atoms with Gasteiger partial charge in [0, 0.05) is 17.7 Å². The Hall–Kier alpha value is -1.77. The van der Waals surface area contributed by atoms with Gasteiger partial charge in [0.05, 0.1) is 5.69 Å². The van der Waals surface area contributed by atoms with Crippen molar-refractivity contribution < 1.29 is 5.11 Å². The highest BCUT2D eigenvalue weighted by atomic mass is 16.3. The van der Waals surface area contributed by atoms with Crippen LogP contribution in [-0.2, 0) is 13.0 Å². The molecule has 18 heavy (non-hydrogen) atoms. The Kier molecular flexibility index (Phi) is 4.03. The summed E-state index contributed by atoms with van der Waals surface area (Å²) < 4.78 is 1.67. The fourth-order valence-electron chi connectivity index (χ4n) is 2.12. The predicted octanol–water partition coefficient (Wildman–Crippen LogP) is 3.62. The van der Waals surface area contributed by atoms with Crippen LogP contribution in [0.1, 0.15) is 32.3 Å². The lowest BCUT2D eigenvalue weighted by Crippen LogP contribution is -1.95. The van der Waals surface area contributed by atoms with Crippen LogP contribution in [-0.4, -0.2) is 14.9 Å². The number of hydrogen-bond acceptors (Lipinski definition) is 2. The van der Waals surface area contributed by atoms with Gasteiger partial charge in [0.25, 0.3) is 0 Å². The molecule has 0 unspecified atom stereocenters. The average molecular weight is 244 g/mol. The lowest BCUT2D eigenvalue weighted by atomic mass is 10.0. The van der Waals surface area contributed by atoms with Crippen molar-refractivity contribution in [3.05, 3.63) is 35.9 Å². The van der Waals surface area contributed by atoms with E-state index >= 15 is 0 Å². The molecule has 0 fully saturated rings. The van der Waals surface area contributed by atoms with Crippen molar-refractivity contribution in [2.24, 2.45) is 0 Å². The molecule has 0 aliphatic rings. The summed E-state index contributed by atoms with van der Waals surface area (Å²) in [6, 6.07) is 10.1. The van der Waals surface area contributed by atoms with Crippen molar-refractivity contribution in [1.29, 1.82) is 0 Å². The van der Waals surface area contributed by atoms with Crippen molar-refractivity contribution in [2.75, 3.05) is 0 Å². The Morgan fingerprint density at radius 2 is 1.89 bits per heavy atom. The zero-order valence-corrected chi connectivity index (χ0v) is 11.1. The van der Waals surface area contributed by atoms with Gasteiger partial charge in [-0.25, -0.2) is 4.68 Å². The smallest absolute Gasteiger partial charge is 0.213 e. The highest BCUT2D eigenvalue weighted by molar-refractivity contribution is 5.65. The van der Waals surface area contributed by atoms with Gasteiger partial charge in [-0.15, -0.1) is 0 Å². The Morgan fingerprint density at radius 3 is 2.50 bits per heavy atom. The molecule has 0 saturated heterocycles. The SMILES string of the molecule is CCCCc1c(-c2ccccc2)nn(CC)c1O. The molecule has 2 rings (SSSR count). The second kappa shape index (κ2) is 5.71. The summed E-state index contributed by atoms with van der Waals surface area (Å²) in [4.78, 5) is 0. The van der Waals surface area contributed by atoms with Crippen molar-refractivity contribution in [2.45, 2.75) is 39.7 Å². The van der Waals surface area contributed by atoms with Gasteiger partial charge in [-0.1, -0.05) is 43.7 Å². The molecule has 3 nitrogen and oxygen atoms in total. The number of unbranched alkanes of at least 4 members (excludes halogenated alkanes) is 1. The molecule has 0 aliphatic heterocycles. The van der Waals surface area contributed by atoms with Crippen LogP contribution in [0.2, 0.25) is 0 Å². The highest BCUT2D eigenvalue weighted by Gasteiger charge is 2.16. The number of nitrogens with zero attached hydrogens (tertiary/aromatic N) is 2. The predicted molar refractivity (Wildman–Crippen MR) is 73.6 cm³/mol. The minimum Gasteiger partial charge on any atom is -0.493 e. The lowest BCUT2D eigenvalue weighted by molar-refractivity contribution is 0.400. The number of hydrogen-bond donors (Lipinski definition) is 1. The normalized spacial score (nSPS) is 10.8. The molecule has 1 N–H and O–H groups in total. The first-order valence-electron chi connectivity index (χ1n) is 6.62. The van der Waals surface area contributed by atoms with Crippen molar-refractivity contribution in [3.63, 3.8) is 0 Å². The molecule has 0 spiro atoms. The van der Waals surface area contributed by atoms with E-state index in [2.05, 4.69) is 12.0 Å². The molecule has 0 amide bonds. The summed E-state index contributed by atoms with van der Waals surface area (Å²) in [5, 5.41) is 14.7. The number of aryl methyl sites for hydroxylation is 1. The monoisotopic (exact) mass is 244 g/mol. The van der Waals surface area contributed by atoms with Gasteiger partial charge in [-0.05, 0) is 19.8 Å². The van der Waals surface area contributed by atoms with Crippen LogP contribution < -0.4 is 0 Å². The summed E-state index contributed by atoms with van der Waals surface area (Å²) in [6.07, 6.45) is 3.07. The summed E-state index contributed by atoms with van der Waals surface area (Å²) in [6.45, 7) is 4.84. The van der Waals surface area contributed by atoms with Crippen LogP contribution in [0.4, 0.5) is 0 Å². The fourth-order valence-corrected chi connectivity index (χ4v) is 2.12. The quantitative estimate of drug-likeness (QED) is 0.872. The van der Waals surface area contributed by atoms with Gasteiger partial charge in [-0.3, -0.25) is 0 Å². The lowest BCUT2D eigenvalue weighted by Gasteiger charge is -2.02. The van der Waals surface area contributed by atoms with E-state index in [0.29, 0.717) is 12.4 Å². The molecule has 0 aliphatic carbocycles. The van der Waals surface area contributed by atoms with Crippen LogP contribution in [0.5, 0.6) is 5.88 Å². The second-order valence-electron chi connectivity index (χ2n) is 4.44. The van der Waals surface area contributed by atoms with E-state index in [1.165, 1.54) is 0 Å². The van der Waals surface area contributed by atoms with Crippen molar-refractivity contribution in [3.8, 4) is 17.1 Å². The Bertz CT molecular complexity index is 503. The molecular formula is C15H20N2O. The third kappa shape index (κ3) is 2.40. The van der Waals surface area contributed by atoms with Gasteiger partial charge in [0.2, 0.25) is 5.88 Å². The van der Waals surface area contributed by atoms with E-state index < -0.39 is 0 Å². The molecule has 2 aromatic rings. The molecule has 0 bridgehead atoms. The van der Waals surface area contributed by atoms with Gasteiger partial charge in [0.1, 0.15) is 0 Å². The van der Waals surface area contributed by atoms with E-state index in [0.717, 1.165) is 36.1 Å². The second-order valence-corrected chi connectivity index (χ2v) is 4.44. The third-order valence-corrected chi connectivity index (χ3v) is 3.15. The van der Waals surface area contributed by atoms with E-state index in [9.17, 15) is 5.11 Å². The summed E-state index contributed by atoms with van der Waals surface area (Å²) >= 11 is 0. The molecule has 1 aromatic heterocycles. The maximum Gasteiger partial charge on any atom is 0.213 e. The van der Waals surface area contributed by atoms with E-state index in [-0.39, 0.29) is 0 Å². The zero-order valence-electron chi connectivity index (χ0n) is 11.1. The molecule has 3 heteroatoms. The maximum absolute atomic E-state index is 10.2. The van der Waals surface area contributed by atoms with Gasteiger partial charge >= 0.3 is 0 Å². The topological polar surface area (TPSA) is 38.0 Å². The third-order valence-electron chi connectivity index (χ3n) is 3.15. The molecular weight excluding hydrogens is 224 g/mol. The minimum absolute atomic E-state index is 0.324. The van der Waals surface area contributed by atoms with Crippen LogP contribution in [0.25, 0.3) is 11.3 Å². The number of aromatic nitrogens is 2. The van der Waals surface area contributed by atoms with Gasteiger partial charge in [0.15, 0.2) is 0 Å². The van der Waals surface area contributed by atoms with Crippen LogP contribution >= 0.6 is 0 Å². The van der Waals surface area contributed by atoms with Crippen LogP contribution in [0.3, 0.4) is 0 Å². The Balaban J connectivity index is 2.45. The Morgan fingerprint density at radius 1 is 1.17 bits per heavy atom. The molecule has 96 valence electrons. The fraction of sp³-hybridized carbons (Fsp3) is 0.400. The summed E-state index contributed by atoms with van der Waals surface area (Å²) in [5.74, 6) is 0.324. The molecule has 0 atom stereocenters. The van der Waals surface area contributed by atoms with E-state index in [1.54, 1.807) is 4.68 Å². The van der Waals surface area contributed by atoms with Crippen LogP contribution in [0, 0.1) is 0 Å². The molecule has 1 aromatic carbocycles. The molecule has 0 radical (unpaired) electrons. The van der Waals surface area contributed by atoms with E-state index in [1.807, 2.05) is 37.3 Å². The van der Waals surface area contributed by atoms with Crippen molar-refractivity contribution >= 4 is 0 Å². The number of rotatable bonds is 5. The van der Waals surface area contributed by atoms with Gasteiger partial charge in [-0.2, -0.15) is 5.10 Å². The van der Waals surface area contributed by atoms with Crippen molar-refractivity contribution in [1.82, 2.24) is 9.78 Å². The molecule has 0 saturated carbocycles. The largest absolute Gasteiger partial charge is 0.493 e. The average Bonchev–Trinajstić information content (AvgIpc) is 2.74. The summed E-state index contributed by atoms with van der Waals surface area (Å²) in [7, 11) is 0. The number of aromatic hydroxyl groups is 1. The number of benzene rings is 1. The summed E-state index contributed by atoms with van der Waals surface area (Å²) in [5.41, 5.74) is 2.97. The highest BCUT2D eigenvalue weighted by Crippen LogP contribution is 2.30. The first kappa shape index (κ1) is 12.7. The molecule has 1 heterocycles. The first-order valence-corrected chi connectivity index (χ1v) is 6.62. The van der Waals surface area contributed by atoms with Crippen LogP contribution in [0.15, 0.2) is 30.3 Å². The first-order chi connectivity index (χ1) is 8.77. The standard InChI is InChI=1S/C15H20N2O/c1-3-5-11-13-14(12-9-7-6-8-10-12)16-17(4-2)15(13)18/h6-10,18H,3-5,11H2,1-2H3. The van der Waals surface area contributed by atoms with E-state index in [4.69, 9.17) is 0 Å². The minimum atomic E-state index is 0.324. The maximum atomic E-state index is 10.2. The Labute approximate surface area is 108 Å². The zero-order chi connectivity index (χ0) is 13.0. The van der Waals surface area contributed by atoms with Gasteiger partial charge < -0.3 is 5.11 Å².